The van der Waals surface area contributed by atoms with Gasteiger partial charge in [-0.25, -0.2) is 13.1 Å². The number of non-ortho nitro benzene ring substituents is 1. The summed E-state index contributed by atoms with van der Waals surface area (Å²) in [6.45, 7) is -0.110. The molecule has 2 aromatic carbocycles. The van der Waals surface area contributed by atoms with E-state index < -0.39 is 44.4 Å². The molecule has 0 aliphatic carbocycles. The molecule has 1 N–H and O–H groups in total. The van der Waals surface area contributed by atoms with Gasteiger partial charge in [0.25, 0.3) is 5.69 Å². The van der Waals surface area contributed by atoms with Crippen LogP contribution in [0.1, 0.15) is 5.56 Å². The predicted octanol–water partition coefficient (Wildman–Crippen LogP) is 1.38. The molecule has 2 amide bonds. The number of amides is 2. The van der Waals surface area contributed by atoms with Gasteiger partial charge in [0.1, 0.15) is 5.60 Å². The van der Waals surface area contributed by atoms with Gasteiger partial charge in [0.15, 0.2) is 0 Å². The van der Waals surface area contributed by atoms with Crippen LogP contribution in [0.15, 0.2) is 71.6 Å². The molecule has 0 saturated carbocycles. The Balaban J connectivity index is 1.36. The average Bonchev–Trinajstić information content (AvgIpc) is 3.45. The molecule has 10 nitrogen and oxygen atoms in total. The highest BCUT2D eigenvalue weighted by atomic mass is 32.2. The Bertz CT molecular complexity index is 1280. The first-order chi connectivity index (χ1) is 15.7. The number of carbonyl (C=O) groups is 2. The minimum atomic E-state index is -4.04. The number of nitrogens with one attached hydrogen (secondary N) is 1. The number of nitro groups is 1. The maximum absolute atomic E-state index is 13.2. The second kappa shape index (κ2) is 7.58. The van der Waals surface area contributed by atoms with Crippen molar-refractivity contribution in [3.63, 3.8) is 0 Å². The van der Waals surface area contributed by atoms with E-state index in [1.165, 1.54) is 4.90 Å². The van der Waals surface area contributed by atoms with Gasteiger partial charge in [-0.3, -0.25) is 24.6 Å². The summed E-state index contributed by atoms with van der Waals surface area (Å²) in [5, 5.41) is 10.8. The molecule has 3 heterocycles. The second-order valence-corrected chi connectivity index (χ2v) is 9.99. The Morgan fingerprint density at radius 1 is 1.06 bits per heavy atom. The number of ether oxygens (including phenoxy) is 1. The molecule has 0 radical (unpaired) electrons. The van der Waals surface area contributed by atoms with Crippen molar-refractivity contribution in [2.75, 3.05) is 6.54 Å². The Morgan fingerprint density at radius 2 is 1.76 bits per heavy atom. The van der Waals surface area contributed by atoms with Gasteiger partial charge in [0, 0.05) is 18.7 Å². The number of benzene rings is 2. The zero-order valence-corrected chi connectivity index (χ0v) is 18.0. The normalized spacial score (nSPS) is 27.9. The van der Waals surface area contributed by atoms with Gasteiger partial charge in [-0.1, -0.05) is 42.5 Å². The van der Waals surface area contributed by atoms with E-state index in [-0.39, 0.29) is 29.6 Å². The van der Waals surface area contributed by atoms with Gasteiger partial charge >= 0.3 is 0 Å². The van der Waals surface area contributed by atoms with Crippen molar-refractivity contribution in [1.82, 2.24) is 9.62 Å². The molecule has 2 bridgehead atoms. The average molecular weight is 469 g/mol. The molecule has 0 unspecified atom stereocenters. The van der Waals surface area contributed by atoms with Crippen LogP contribution in [0.3, 0.4) is 0 Å². The van der Waals surface area contributed by atoms with Gasteiger partial charge in [-0.2, -0.15) is 0 Å². The molecular formula is C22H19N3O7S. The number of hydrogen-bond donors (Lipinski definition) is 1. The number of sulfonamides is 1. The van der Waals surface area contributed by atoms with E-state index in [1.54, 1.807) is 12.2 Å². The number of likely N-dealkylation sites (tertiary alicyclic amines) is 1. The maximum Gasteiger partial charge on any atom is 0.269 e. The molecule has 11 heteroatoms. The maximum atomic E-state index is 13.2. The third-order valence-electron chi connectivity index (χ3n) is 6.33. The van der Waals surface area contributed by atoms with E-state index in [0.717, 1.165) is 29.8 Å². The van der Waals surface area contributed by atoms with Gasteiger partial charge in [0.2, 0.25) is 21.8 Å². The topological polar surface area (TPSA) is 136 Å². The first-order valence-electron chi connectivity index (χ1n) is 10.2. The molecule has 2 aromatic rings. The van der Waals surface area contributed by atoms with Crippen LogP contribution in [0.4, 0.5) is 5.69 Å². The summed E-state index contributed by atoms with van der Waals surface area (Å²) >= 11 is 0. The number of nitrogens with zero attached hydrogens (tertiary/aromatic N) is 2. The van der Waals surface area contributed by atoms with Gasteiger partial charge in [-0.15, -0.1) is 0 Å². The van der Waals surface area contributed by atoms with Crippen LogP contribution in [0.5, 0.6) is 0 Å². The molecule has 4 atom stereocenters. The lowest BCUT2D eigenvalue weighted by molar-refractivity contribution is -0.384. The number of fused-ring (bicyclic) bond motifs is 5. The van der Waals surface area contributed by atoms with E-state index in [2.05, 4.69) is 4.72 Å². The number of carbonyl (C=O) groups excluding carboxylic acids is 2. The minimum absolute atomic E-state index is 0.142. The van der Waals surface area contributed by atoms with E-state index in [0.29, 0.717) is 0 Å². The Labute approximate surface area is 189 Å². The molecule has 2 fully saturated rings. The molecule has 3 aliphatic rings. The SMILES string of the molecule is O=C1[C@H]2[C@H]3C=C[C@@](CNS(=O)(=O)c4ccc([N+](=O)[O-])cc4)(O3)[C@H]2C(=O)N1Cc1ccccc1. The second-order valence-electron chi connectivity index (χ2n) is 8.22. The molecule has 170 valence electrons. The summed E-state index contributed by atoms with van der Waals surface area (Å²) in [6.07, 6.45) is 2.74. The van der Waals surface area contributed by atoms with Gasteiger partial charge in [-0.05, 0) is 17.7 Å². The van der Waals surface area contributed by atoms with Crippen molar-refractivity contribution in [2.45, 2.75) is 23.1 Å². The molecule has 3 aliphatic heterocycles. The van der Waals surface area contributed by atoms with Crippen LogP contribution in [0.25, 0.3) is 0 Å². The Hall–Kier alpha value is -3.41. The van der Waals surface area contributed by atoms with Crippen molar-refractivity contribution in [3.8, 4) is 0 Å². The van der Waals surface area contributed by atoms with E-state index in [1.807, 2.05) is 30.3 Å². The fraction of sp³-hybridized carbons (Fsp3) is 0.273. The number of rotatable bonds is 7. The zero-order chi connectivity index (χ0) is 23.4. The first-order valence-corrected chi connectivity index (χ1v) is 11.7. The van der Waals surface area contributed by atoms with Crippen LogP contribution in [-0.2, 0) is 30.9 Å². The highest BCUT2D eigenvalue weighted by Crippen LogP contribution is 2.51. The summed E-state index contributed by atoms with van der Waals surface area (Å²) in [7, 11) is -4.04. The quantitative estimate of drug-likeness (QED) is 0.280. The molecule has 5 rings (SSSR count). The van der Waals surface area contributed by atoms with Crippen LogP contribution in [0, 0.1) is 22.0 Å². The summed E-state index contributed by atoms with van der Waals surface area (Å²) in [5.74, 6) is -2.25. The third kappa shape index (κ3) is 3.45. The fourth-order valence-corrected chi connectivity index (χ4v) is 5.80. The molecule has 33 heavy (non-hydrogen) atoms. The lowest BCUT2D eigenvalue weighted by Gasteiger charge is -2.29. The van der Waals surface area contributed by atoms with Gasteiger partial charge < -0.3 is 4.74 Å². The van der Waals surface area contributed by atoms with Gasteiger partial charge in [0.05, 0.1) is 34.3 Å². The van der Waals surface area contributed by atoms with Crippen LogP contribution < -0.4 is 4.72 Å². The zero-order valence-electron chi connectivity index (χ0n) is 17.2. The highest BCUT2D eigenvalue weighted by Gasteiger charge is 2.67. The smallest absolute Gasteiger partial charge is 0.269 e. The third-order valence-corrected chi connectivity index (χ3v) is 7.74. The molecule has 0 aromatic heterocycles. The van der Waals surface area contributed by atoms with Crippen molar-refractivity contribution in [1.29, 1.82) is 0 Å². The number of imide groups is 1. The Morgan fingerprint density at radius 3 is 2.42 bits per heavy atom. The predicted molar refractivity (Wildman–Crippen MR) is 114 cm³/mol. The van der Waals surface area contributed by atoms with E-state index >= 15 is 0 Å². The van der Waals surface area contributed by atoms with Crippen LogP contribution in [0.2, 0.25) is 0 Å². The summed E-state index contributed by atoms with van der Waals surface area (Å²) in [4.78, 5) is 37.5. The van der Waals surface area contributed by atoms with E-state index in [9.17, 15) is 28.1 Å². The summed E-state index contributed by atoms with van der Waals surface area (Å²) < 4.78 is 33.9. The van der Waals surface area contributed by atoms with Crippen molar-refractivity contribution >= 4 is 27.5 Å². The molecular weight excluding hydrogens is 450 g/mol. The number of nitro benzene ring substituents is 1. The molecule has 0 spiro atoms. The van der Waals surface area contributed by atoms with Crippen molar-refractivity contribution in [3.05, 3.63) is 82.4 Å². The Kier molecular flexibility index (Phi) is 4.92. The summed E-state index contributed by atoms with van der Waals surface area (Å²) in [5.41, 5.74) is -0.695. The first kappa shape index (κ1) is 21.4. The monoisotopic (exact) mass is 469 g/mol. The molecule has 2 saturated heterocycles. The number of hydrogen-bond acceptors (Lipinski definition) is 7. The van der Waals surface area contributed by atoms with Crippen molar-refractivity contribution in [2.24, 2.45) is 11.8 Å². The fourth-order valence-electron chi connectivity index (χ4n) is 4.73. The lowest BCUT2D eigenvalue weighted by atomic mass is 9.77. The lowest BCUT2D eigenvalue weighted by Crippen LogP contribution is -2.48. The van der Waals surface area contributed by atoms with Crippen LogP contribution in [-0.4, -0.2) is 48.3 Å². The summed E-state index contributed by atoms with van der Waals surface area (Å²) in [6, 6.07) is 13.6. The highest BCUT2D eigenvalue weighted by molar-refractivity contribution is 7.89. The van der Waals surface area contributed by atoms with E-state index in [4.69, 9.17) is 4.74 Å². The minimum Gasteiger partial charge on any atom is -0.361 e. The van der Waals surface area contributed by atoms with Crippen molar-refractivity contribution < 1.29 is 27.7 Å². The standard InChI is InChI=1S/C22H19N3O7S/c26-20-18-17-10-11-22(32-17,19(18)21(27)24(20)12-14-4-2-1-3-5-14)13-23-33(30,31)16-8-6-15(7-9-16)25(28)29/h1-11,17-19,23H,12-13H2/t17-,18+,19-,22+/m1/s1. The van der Waals surface area contributed by atoms with Crippen LogP contribution >= 0.6 is 0 Å². The largest absolute Gasteiger partial charge is 0.361 e.